The summed E-state index contributed by atoms with van der Waals surface area (Å²) in [7, 11) is 0. The highest BCUT2D eigenvalue weighted by Crippen LogP contribution is 2.40. The first kappa shape index (κ1) is 26.4. The van der Waals surface area contributed by atoms with Crippen molar-refractivity contribution in [3.8, 4) is 5.75 Å². The van der Waals surface area contributed by atoms with E-state index in [1.54, 1.807) is 0 Å². The number of hydrogen-bond donors (Lipinski definition) is 2. The van der Waals surface area contributed by atoms with Crippen molar-refractivity contribution in [2.24, 2.45) is 9.94 Å². The zero-order chi connectivity index (χ0) is 25.3. The van der Waals surface area contributed by atoms with Crippen LogP contribution < -0.4 is 0 Å². The highest BCUT2D eigenvalue weighted by Gasteiger charge is 2.38. The molecule has 0 bridgehead atoms. The monoisotopic (exact) mass is 528 g/mol. The molecule has 5 nitrogen and oxygen atoms in total. The Morgan fingerprint density at radius 2 is 1.62 bits per heavy atom. The van der Waals surface area contributed by atoms with Crippen molar-refractivity contribution in [3.05, 3.63) is 64.7 Å². The van der Waals surface area contributed by atoms with Gasteiger partial charge in [-0.15, -0.1) is 0 Å². The first-order valence-electron chi connectivity index (χ1n) is 11.9. The van der Waals surface area contributed by atoms with Crippen LogP contribution in [0.15, 0.2) is 46.5 Å². The highest BCUT2D eigenvalue weighted by molar-refractivity contribution is 9.08. The Kier molecular flexibility index (Phi) is 7.93. The van der Waals surface area contributed by atoms with Gasteiger partial charge in [0.25, 0.3) is 0 Å². The van der Waals surface area contributed by atoms with Crippen molar-refractivity contribution in [2.75, 3.05) is 13.2 Å². The summed E-state index contributed by atoms with van der Waals surface area (Å²) in [6.07, 6.45) is 1.53. The van der Waals surface area contributed by atoms with Gasteiger partial charge in [0.1, 0.15) is 11.6 Å². The van der Waals surface area contributed by atoms with Crippen molar-refractivity contribution in [2.45, 2.75) is 71.3 Å². The summed E-state index contributed by atoms with van der Waals surface area (Å²) >= 11 is 3.28. The number of aliphatic hydroxyl groups is 1. The summed E-state index contributed by atoms with van der Waals surface area (Å²) < 4.78 is 4.37. The van der Waals surface area contributed by atoms with Gasteiger partial charge in [-0.3, -0.25) is 4.79 Å². The van der Waals surface area contributed by atoms with Crippen LogP contribution in [0.2, 0.25) is 0 Å². The third-order valence-corrected chi connectivity index (χ3v) is 7.00. The molecule has 2 aromatic rings. The molecule has 3 rings (SSSR count). The van der Waals surface area contributed by atoms with Gasteiger partial charge in [0, 0.05) is 22.6 Å². The standard InChI is InChI=1S/C28H37BrN2O3/c1-27(2,3)22-14-19(15-23(25(22)34)28(4,5)6)24(33)16-31-21(17-32)13-20(26(31)30-29)12-18-10-8-7-9-11-18/h7-11,14-15,20-21,32,34H,12-13,16-17H2,1-6H3/t20-,21-/m0/s1. The van der Waals surface area contributed by atoms with E-state index in [2.05, 4.69) is 32.3 Å². The third kappa shape index (κ3) is 5.72. The van der Waals surface area contributed by atoms with Crippen molar-refractivity contribution in [1.82, 2.24) is 4.90 Å². The van der Waals surface area contributed by atoms with Crippen LogP contribution in [-0.4, -0.2) is 45.9 Å². The highest BCUT2D eigenvalue weighted by atomic mass is 79.9. The van der Waals surface area contributed by atoms with Gasteiger partial charge in [-0.05, 0) is 41.4 Å². The Morgan fingerprint density at radius 1 is 1.06 bits per heavy atom. The predicted molar refractivity (Wildman–Crippen MR) is 142 cm³/mol. The van der Waals surface area contributed by atoms with Gasteiger partial charge in [-0.25, -0.2) is 0 Å². The van der Waals surface area contributed by atoms with Crippen molar-refractivity contribution in [1.29, 1.82) is 0 Å². The molecule has 0 spiro atoms. The number of rotatable bonds is 6. The van der Waals surface area contributed by atoms with Crippen LogP contribution in [0.1, 0.15) is 75.0 Å². The van der Waals surface area contributed by atoms with Gasteiger partial charge in [0.15, 0.2) is 5.78 Å². The quantitative estimate of drug-likeness (QED) is 0.464. The fourth-order valence-corrected chi connectivity index (χ4v) is 5.23. The number of likely N-dealkylation sites (tertiary alicyclic amines) is 1. The zero-order valence-electron chi connectivity index (χ0n) is 21.1. The number of nitrogens with zero attached hydrogens (tertiary/aromatic N) is 2. The third-order valence-electron chi connectivity index (χ3n) is 6.64. The Morgan fingerprint density at radius 3 is 2.09 bits per heavy atom. The number of phenols is 1. The second-order valence-electron chi connectivity index (χ2n) is 11.4. The zero-order valence-corrected chi connectivity index (χ0v) is 22.7. The molecule has 6 heteroatoms. The van der Waals surface area contributed by atoms with E-state index < -0.39 is 0 Å². The van der Waals surface area contributed by atoms with E-state index in [4.69, 9.17) is 0 Å². The smallest absolute Gasteiger partial charge is 0.182 e. The molecule has 34 heavy (non-hydrogen) atoms. The molecular formula is C28H37BrN2O3. The number of carbonyl (C=O) groups is 1. The summed E-state index contributed by atoms with van der Waals surface area (Å²) in [5.41, 5.74) is 2.67. The summed E-state index contributed by atoms with van der Waals surface area (Å²) in [6, 6.07) is 13.7. The summed E-state index contributed by atoms with van der Waals surface area (Å²) in [6.45, 7) is 12.3. The van der Waals surface area contributed by atoms with Gasteiger partial charge in [-0.2, -0.15) is 4.02 Å². The molecule has 1 aliphatic rings. The maximum Gasteiger partial charge on any atom is 0.182 e. The maximum atomic E-state index is 13.6. The lowest BCUT2D eigenvalue weighted by Crippen LogP contribution is -2.40. The van der Waals surface area contributed by atoms with Crippen LogP contribution in [0.5, 0.6) is 5.75 Å². The number of hydrogen-bond acceptors (Lipinski definition) is 4. The second-order valence-corrected chi connectivity index (χ2v) is 11.7. The average Bonchev–Trinajstić information content (AvgIpc) is 3.08. The number of ketones is 1. The Labute approximate surface area is 212 Å². The van der Waals surface area contributed by atoms with E-state index >= 15 is 0 Å². The molecule has 0 saturated carbocycles. The second kappa shape index (κ2) is 10.2. The fraction of sp³-hybridized carbons (Fsp3) is 0.500. The number of phenolic OH excluding ortho intramolecular Hbond substituents is 1. The van der Waals surface area contributed by atoms with Gasteiger partial charge >= 0.3 is 0 Å². The Bertz CT molecular complexity index is 1020. The van der Waals surface area contributed by atoms with Crippen molar-refractivity contribution >= 4 is 27.8 Å². The van der Waals surface area contributed by atoms with Gasteiger partial charge in [0.2, 0.25) is 0 Å². The van der Waals surface area contributed by atoms with Gasteiger partial charge in [-0.1, -0.05) is 71.9 Å². The summed E-state index contributed by atoms with van der Waals surface area (Å²) in [4.78, 5) is 15.5. The number of amidine groups is 1. The van der Waals surface area contributed by atoms with E-state index in [-0.39, 0.29) is 47.5 Å². The van der Waals surface area contributed by atoms with Crippen LogP contribution in [0.3, 0.4) is 0 Å². The average molecular weight is 530 g/mol. The molecule has 2 atom stereocenters. The molecule has 0 unspecified atom stereocenters. The molecule has 2 aromatic carbocycles. The topological polar surface area (TPSA) is 73.1 Å². The molecule has 0 radical (unpaired) electrons. The minimum Gasteiger partial charge on any atom is -0.507 e. The fourth-order valence-electron chi connectivity index (χ4n) is 4.74. The summed E-state index contributed by atoms with van der Waals surface area (Å²) in [5, 5.41) is 21.1. The molecule has 1 saturated heterocycles. The van der Waals surface area contributed by atoms with Crippen molar-refractivity contribution in [3.63, 3.8) is 0 Å². The molecule has 0 aliphatic carbocycles. The molecule has 1 aliphatic heterocycles. The SMILES string of the molecule is CC(C)(C)c1cc(C(=O)CN2C(=NBr)[C@@H](Cc3ccccc3)C[C@H]2CO)cc(C(C)(C)C)c1O. The molecular weight excluding hydrogens is 492 g/mol. The lowest BCUT2D eigenvalue weighted by atomic mass is 9.78. The Hall–Kier alpha value is -2.18. The van der Waals surface area contributed by atoms with Gasteiger partial charge in [0.05, 0.1) is 35.3 Å². The number of aromatic hydroxyl groups is 1. The number of aliphatic hydroxyl groups excluding tert-OH is 1. The number of benzene rings is 2. The normalized spacial score (nSPS) is 20.2. The first-order valence-corrected chi connectivity index (χ1v) is 12.6. The number of Topliss-reactive ketones (excluding diaryl/α,β-unsaturated/α-hetero) is 1. The number of halogens is 1. The molecule has 0 aromatic heterocycles. The minimum absolute atomic E-state index is 0.0410. The van der Waals surface area contributed by atoms with Crippen LogP contribution >= 0.6 is 16.1 Å². The van der Waals surface area contributed by atoms with E-state index in [1.165, 1.54) is 5.56 Å². The number of carbonyl (C=O) groups excluding carboxylic acids is 1. The van der Waals surface area contributed by atoms with E-state index in [9.17, 15) is 15.0 Å². The first-order chi connectivity index (χ1) is 15.9. The van der Waals surface area contributed by atoms with Crippen LogP contribution in [0, 0.1) is 5.92 Å². The molecule has 2 N–H and O–H groups in total. The molecule has 184 valence electrons. The lowest BCUT2D eigenvalue weighted by Gasteiger charge is -2.29. The van der Waals surface area contributed by atoms with E-state index in [1.807, 2.05) is 76.8 Å². The molecule has 1 heterocycles. The summed E-state index contributed by atoms with van der Waals surface area (Å²) in [5.74, 6) is 1.11. The van der Waals surface area contributed by atoms with Crippen LogP contribution in [-0.2, 0) is 17.3 Å². The molecule has 0 amide bonds. The van der Waals surface area contributed by atoms with E-state index in [0.29, 0.717) is 5.56 Å². The van der Waals surface area contributed by atoms with E-state index in [0.717, 1.165) is 29.8 Å². The van der Waals surface area contributed by atoms with Crippen LogP contribution in [0.4, 0.5) is 0 Å². The minimum atomic E-state index is -0.315. The van der Waals surface area contributed by atoms with Crippen LogP contribution in [0.25, 0.3) is 0 Å². The Balaban J connectivity index is 1.93. The largest absolute Gasteiger partial charge is 0.507 e. The van der Waals surface area contributed by atoms with Crippen molar-refractivity contribution < 1.29 is 15.0 Å². The molecule has 1 fully saturated rings. The lowest BCUT2D eigenvalue weighted by molar-refractivity contribution is 0.0934. The maximum absolute atomic E-state index is 13.6. The van der Waals surface area contributed by atoms with Gasteiger partial charge < -0.3 is 15.1 Å². The predicted octanol–water partition coefficient (Wildman–Crippen LogP) is 5.80.